The highest BCUT2D eigenvalue weighted by Gasteiger charge is 2.14. The first-order valence-electron chi connectivity index (χ1n) is 7.21. The summed E-state index contributed by atoms with van der Waals surface area (Å²) in [4.78, 5) is 16.8. The van der Waals surface area contributed by atoms with E-state index in [2.05, 4.69) is 49.5 Å². The molecule has 0 spiro atoms. The van der Waals surface area contributed by atoms with E-state index >= 15 is 0 Å². The lowest BCUT2D eigenvalue weighted by atomic mass is 10.1. The zero-order valence-corrected chi connectivity index (χ0v) is 13.3. The van der Waals surface area contributed by atoms with Crippen molar-refractivity contribution in [2.75, 3.05) is 18.9 Å². The Kier molecular flexibility index (Phi) is 6.02. The summed E-state index contributed by atoms with van der Waals surface area (Å²) in [5.41, 5.74) is 2.59. The van der Waals surface area contributed by atoms with Crippen LogP contribution in [0.2, 0.25) is 0 Å². The number of nitrogens with zero attached hydrogens (tertiary/aromatic N) is 1. The van der Waals surface area contributed by atoms with Gasteiger partial charge in [0.05, 0.1) is 11.4 Å². The standard InChI is InChI=1S/C16H27N3O/c1-11(2)19(12(3)4)10-9-13(5)16-14(17-6)7-8-15(20)18-16/h7-8,11-12,17H,5,9-10H2,1-4,6H3,(H,18,20). The highest BCUT2D eigenvalue weighted by atomic mass is 16.1. The molecule has 0 aliphatic heterocycles. The summed E-state index contributed by atoms with van der Waals surface area (Å²) in [6, 6.07) is 4.32. The Balaban J connectivity index is 2.81. The van der Waals surface area contributed by atoms with Crippen LogP contribution in [0.25, 0.3) is 5.57 Å². The van der Waals surface area contributed by atoms with Crippen molar-refractivity contribution < 1.29 is 0 Å². The van der Waals surface area contributed by atoms with Crippen molar-refractivity contribution in [3.8, 4) is 0 Å². The zero-order chi connectivity index (χ0) is 15.3. The van der Waals surface area contributed by atoms with Gasteiger partial charge in [-0.05, 0) is 45.8 Å². The number of aromatic nitrogens is 1. The van der Waals surface area contributed by atoms with Crippen LogP contribution in [0, 0.1) is 0 Å². The van der Waals surface area contributed by atoms with Gasteiger partial charge in [-0.1, -0.05) is 6.58 Å². The predicted molar refractivity (Wildman–Crippen MR) is 87.2 cm³/mol. The summed E-state index contributed by atoms with van der Waals surface area (Å²) < 4.78 is 0. The molecule has 0 bridgehead atoms. The van der Waals surface area contributed by atoms with Gasteiger partial charge in [-0.25, -0.2) is 0 Å². The second-order valence-electron chi connectivity index (χ2n) is 5.64. The van der Waals surface area contributed by atoms with E-state index in [4.69, 9.17) is 0 Å². The molecule has 0 aliphatic rings. The van der Waals surface area contributed by atoms with E-state index in [9.17, 15) is 4.79 Å². The topological polar surface area (TPSA) is 48.1 Å². The molecule has 0 amide bonds. The van der Waals surface area contributed by atoms with Gasteiger partial charge in [0.1, 0.15) is 0 Å². The number of anilines is 1. The fourth-order valence-corrected chi connectivity index (χ4v) is 2.46. The molecule has 0 aromatic carbocycles. The van der Waals surface area contributed by atoms with Crippen LogP contribution in [0.15, 0.2) is 23.5 Å². The average Bonchev–Trinajstić information content (AvgIpc) is 2.37. The first-order valence-corrected chi connectivity index (χ1v) is 7.21. The monoisotopic (exact) mass is 277 g/mol. The maximum atomic E-state index is 11.5. The highest BCUT2D eigenvalue weighted by Crippen LogP contribution is 2.22. The van der Waals surface area contributed by atoms with Crippen molar-refractivity contribution >= 4 is 11.3 Å². The molecule has 1 rings (SSSR count). The van der Waals surface area contributed by atoms with Crippen molar-refractivity contribution in [2.45, 2.75) is 46.2 Å². The summed E-state index contributed by atoms with van der Waals surface area (Å²) in [5, 5.41) is 3.09. The lowest BCUT2D eigenvalue weighted by molar-refractivity contribution is 0.179. The Bertz CT molecular complexity index is 495. The van der Waals surface area contributed by atoms with Crippen molar-refractivity contribution in [3.05, 3.63) is 34.8 Å². The third kappa shape index (κ3) is 4.23. The van der Waals surface area contributed by atoms with Gasteiger partial charge in [0.15, 0.2) is 0 Å². The van der Waals surface area contributed by atoms with E-state index in [1.165, 1.54) is 6.07 Å². The molecule has 0 radical (unpaired) electrons. The molecule has 1 aromatic rings. The molecule has 0 fully saturated rings. The quantitative estimate of drug-likeness (QED) is 0.805. The number of H-pyrrole nitrogens is 1. The molecule has 4 nitrogen and oxygen atoms in total. The van der Waals surface area contributed by atoms with E-state index in [0.29, 0.717) is 12.1 Å². The van der Waals surface area contributed by atoms with Gasteiger partial charge in [0.25, 0.3) is 0 Å². The van der Waals surface area contributed by atoms with Crippen molar-refractivity contribution in [1.29, 1.82) is 0 Å². The van der Waals surface area contributed by atoms with Crippen LogP contribution in [-0.4, -0.2) is 35.6 Å². The largest absolute Gasteiger partial charge is 0.386 e. The van der Waals surface area contributed by atoms with Crippen LogP contribution >= 0.6 is 0 Å². The van der Waals surface area contributed by atoms with Crippen LogP contribution in [0.5, 0.6) is 0 Å². The molecule has 1 heterocycles. The zero-order valence-electron chi connectivity index (χ0n) is 13.3. The minimum atomic E-state index is -0.0928. The summed E-state index contributed by atoms with van der Waals surface area (Å²) in [7, 11) is 1.85. The molecule has 4 heteroatoms. The molecule has 20 heavy (non-hydrogen) atoms. The number of rotatable bonds is 7. The Morgan fingerprint density at radius 2 is 1.90 bits per heavy atom. The average molecular weight is 277 g/mol. The first-order chi connectivity index (χ1) is 9.36. The third-order valence-electron chi connectivity index (χ3n) is 3.54. The van der Waals surface area contributed by atoms with E-state index < -0.39 is 0 Å². The van der Waals surface area contributed by atoms with Gasteiger partial charge in [-0.3, -0.25) is 9.69 Å². The molecule has 0 aliphatic carbocycles. The van der Waals surface area contributed by atoms with Crippen molar-refractivity contribution in [1.82, 2.24) is 9.88 Å². The molecule has 0 unspecified atom stereocenters. The van der Waals surface area contributed by atoms with Gasteiger partial charge in [-0.2, -0.15) is 0 Å². The van der Waals surface area contributed by atoms with Crippen LogP contribution in [0.3, 0.4) is 0 Å². The second-order valence-corrected chi connectivity index (χ2v) is 5.64. The molecule has 1 aromatic heterocycles. The highest BCUT2D eigenvalue weighted by molar-refractivity contribution is 5.71. The van der Waals surface area contributed by atoms with Gasteiger partial charge < -0.3 is 10.3 Å². The van der Waals surface area contributed by atoms with E-state index in [1.807, 2.05) is 7.05 Å². The van der Waals surface area contributed by atoms with Crippen LogP contribution in [0.4, 0.5) is 5.69 Å². The number of hydrogen-bond donors (Lipinski definition) is 2. The molecular formula is C16H27N3O. The normalized spacial score (nSPS) is 11.4. The van der Waals surface area contributed by atoms with Gasteiger partial charge >= 0.3 is 0 Å². The summed E-state index contributed by atoms with van der Waals surface area (Å²) in [6.45, 7) is 13.9. The minimum absolute atomic E-state index is 0.0928. The first kappa shape index (κ1) is 16.5. The molecule has 0 saturated heterocycles. The maximum Gasteiger partial charge on any atom is 0.248 e. The number of pyridine rings is 1. The summed E-state index contributed by atoms with van der Waals surface area (Å²) in [6.07, 6.45) is 0.838. The van der Waals surface area contributed by atoms with E-state index in [-0.39, 0.29) is 5.56 Å². The Morgan fingerprint density at radius 3 is 2.40 bits per heavy atom. The number of nitrogens with one attached hydrogen (secondary N) is 2. The van der Waals surface area contributed by atoms with Gasteiger partial charge in [0, 0.05) is 31.7 Å². The van der Waals surface area contributed by atoms with Crippen LogP contribution < -0.4 is 10.9 Å². The van der Waals surface area contributed by atoms with E-state index in [1.54, 1.807) is 6.07 Å². The Morgan fingerprint density at radius 1 is 1.30 bits per heavy atom. The third-order valence-corrected chi connectivity index (χ3v) is 3.54. The van der Waals surface area contributed by atoms with Crippen LogP contribution in [0.1, 0.15) is 39.8 Å². The van der Waals surface area contributed by atoms with Crippen molar-refractivity contribution in [3.63, 3.8) is 0 Å². The minimum Gasteiger partial charge on any atom is -0.386 e. The summed E-state index contributed by atoms with van der Waals surface area (Å²) in [5.74, 6) is 0. The molecule has 112 valence electrons. The molecule has 0 atom stereocenters. The number of aromatic amines is 1. The fourth-order valence-electron chi connectivity index (χ4n) is 2.46. The maximum absolute atomic E-state index is 11.5. The molecular weight excluding hydrogens is 250 g/mol. The smallest absolute Gasteiger partial charge is 0.248 e. The molecule has 0 saturated carbocycles. The SMILES string of the molecule is C=C(CCN(C(C)C)C(C)C)c1[nH]c(=O)ccc1NC. The van der Waals surface area contributed by atoms with Crippen molar-refractivity contribution in [2.24, 2.45) is 0 Å². The summed E-state index contributed by atoms with van der Waals surface area (Å²) >= 11 is 0. The Hall–Kier alpha value is -1.55. The Labute approximate surface area is 121 Å². The van der Waals surface area contributed by atoms with Crippen LogP contribution in [-0.2, 0) is 0 Å². The molecule has 2 N–H and O–H groups in total. The fraction of sp³-hybridized carbons (Fsp3) is 0.562. The second kappa shape index (κ2) is 7.29. The predicted octanol–water partition coefficient (Wildman–Crippen LogP) is 2.94. The van der Waals surface area contributed by atoms with E-state index in [0.717, 1.165) is 29.9 Å². The van der Waals surface area contributed by atoms with Gasteiger partial charge in [0.2, 0.25) is 5.56 Å². The van der Waals surface area contributed by atoms with Gasteiger partial charge in [-0.15, -0.1) is 0 Å². The number of hydrogen-bond acceptors (Lipinski definition) is 3. The lowest BCUT2D eigenvalue weighted by Crippen LogP contribution is -2.37. The lowest BCUT2D eigenvalue weighted by Gasteiger charge is -2.30.